The van der Waals surface area contributed by atoms with Gasteiger partial charge in [-0.1, -0.05) is 0 Å². The number of hydrogen-bond donors (Lipinski definition) is 1. The van der Waals surface area contributed by atoms with E-state index in [2.05, 4.69) is 27.2 Å². The molecule has 1 aromatic heterocycles. The molecule has 1 atom stereocenters. The average Bonchev–Trinajstić information content (AvgIpc) is 2.28. The molecule has 88 valence electrons. The summed E-state index contributed by atoms with van der Waals surface area (Å²) in [6.45, 7) is 5.42. The van der Waals surface area contributed by atoms with Gasteiger partial charge in [-0.15, -0.1) is 0 Å². The molecule has 4 nitrogen and oxygen atoms in total. The number of anilines is 1. The third-order valence-electron chi connectivity index (χ3n) is 3.16. The molecule has 0 radical (unpaired) electrons. The van der Waals surface area contributed by atoms with Gasteiger partial charge >= 0.3 is 0 Å². The molecule has 1 aromatic rings. The highest BCUT2D eigenvalue weighted by Crippen LogP contribution is 2.16. The second-order valence-electron chi connectivity index (χ2n) is 4.64. The van der Waals surface area contributed by atoms with Gasteiger partial charge in [0.25, 0.3) is 0 Å². The van der Waals surface area contributed by atoms with E-state index in [4.69, 9.17) is 0 Å². The van der Waals surface area contributed by atoms with Gasteiger partial charge in [-0.25, -0.2) is 4.98 Å². The summed E-state index contributed by atoms with van der Waals surface area (Å²) in [7, 11) is 2.19. The van der Waals surface area contributed by atoms with Crippen molar-refractivity contribution in [2.24, 2.45) is 5.92 Å². The van der Waals surface area contributed by atoms with Crippen LogP contribution in [0.4, 0.5) is 5.82 Å². The third-order valence-corrected chi connectivity index (χ3v) is 3.16. The highest BCUT2D eigenvalue weighted by molar-refractivity contribution is 5.38. The molecule has 0 saturated carbocycles. The first-order valence-electron chi connectivity index (χ1n) is 5.95. The van der Waals surface area contributed by atoms with Crippen LogP contribution in [0.5, 0.6) is 0 Å². The summed E-state index contributed by atoms with van der Waals surface area (Å²) in [5.41, 5.74) is 0.978. The van der Waals surface area contributed by atoms with Crippen molar-refractivity contribution in [2.45, 2.75) is 19.8 Å². The van der Waals surface area contributed by atoms with Crippen LogP contribution < -0.4 is 5.32 Å². The second kappa shape index (κ2) is 5.25. The van der Waals surface area contributed by atoms with Crippen molar-refractivity contribution in [3.05, 3.63) is 18.1 Å². The van der Waals surface area contributed by atoms with Gasteiger partial charge in [0.1, 0.15) is 5.82 Å². The van der Waals surface area contributed by atoms with Crippen LogP contribution in [0.15, 0.2) is 12.4 Å². The average molecular weight is 220 g/mol. The summed E-state index contributed by atoms with van der Waals surface area (Å²) in [5.74, 6) is 1.66. The lowest BCUT2D eigenvalue weighted by atomic mass is 9.98. The predicted molar refractivity (Wildman–Crippen MR) is 65.5 cm³/mol. The van der Waals surface area contributed by atoms with E-state index < -0.39 is 0 Å². The van der Waals surface area contributed by atoms with Crippen LogP contribution in [0.25, 0.3) is 0 Å². The predicted octanol–water partition coefficient (Wildman–Crippen LogP) is 1.54. The van der Waals surface area contributed by atoms with Crippen LogP contribution in [-0.2, 0) is 0 Å². The molecule has 1 aliphatic heterocycles. The molecule has 2 heterocycles. The van der Waals surface area contributed by atoms with Crippen LogP contribution in [0.1, 0.15) is 18.5 Å². The normalized spacial score (nSPS) is 22.0. The molecule has 0 bridgehead atoms. The maximum atomic E-state index is 4.29. The van der Waals surface area contributed by atoms with Gasteiger partial charge in [-0.2, -0.15) is 0 Å². The summed E-state index contributed by atoms with van der Waals surface area (Å²) >= 11 is 0. The van der Waals surface area contributed by atoms with E-state index in [1.165, 1.54) is 25.9 Å². The van der Waals surface area contributed by atoms with E-state index in [1.54, 1.807) is 12.4 Å². The standard InChI is InChI=1S/C12H20N4/c1-10-12(14-6-5-13-10)15-8-11-4-3-7-16(2)9-11/h5-6,11H,3-4,7-9H2,1-2H3,(H,14,15). The zero-order valence-corrected chi connectivity index (χ0v) is 10.1. The summed E-state index contributed by atoms with van der Waals surface area (Å²) in [4.78, 5) is 10.9. The van der Waals surface area contributed by atoms with Crippen molar-refractivity contribution in [1.82, 2.24) is 14.9 Å². The van der Waals surface area contributed by atoms with Crippen molar-refractivity contribution in [3.8, 4) is 0 Å². The summed E-state index contributed by atoms with van der Waals surface area (Å²) in [6.07, 6.45) is 6.09. The number of aryl methyl sites for hydroxylation is 1. The van der Waals surface area contributed by atoms with Gasteiger partial charge in [0.2, 0.25) is 0 Å². The number of nitrogens with zero attached hydrogens (tertiary/aromatic N) is 3. The molecule has 1 N–H and O–H groups in total. The van der Waals surface area contributed by atoms with E-state index in [0.717, 1.165) is 24.0 Å². The monoisotopic (exact) mass is 220 g/mol. The summed E-state index contributed by atoms with van der Waals surface area (Å²) < 4.78 is 0. The number of piperidine rings is 1. The summed E-state index contributed by atoms with van der Waals surface area (Å²) in [6, 6.07) is 0. The third kappa shape index (κ3) is 2.92. The fourth-order valence-corrected chi connectivity index (χ4v) is 2.26. The zero-order chi connectivity index (χ0) is 11.4. The first kappa shape index (κ1) is 11.3. The Morgan fingerprint density at radius 1 is 1.44 bits per heavy atom. The maximum absolute atomic E-state index is 4.29. The smallest absolute Gasteiger partial charge is 0.147 e. The van der Waals surface area contributed by atoms with Crippen molar-refractivity contribution >= 4 is 5.82 Å². The van der Waals surface area contributed by atoms with E-state index in [9.17, 15) is 0 Å². The minimum atomic E-state index is 0.736. The highest BCUT2D eigenvalue weighted by Gasteiger charge is 2.17. The summed E-state index contributed by atoms with van der Waals surface area (Å²) in [5, 5.41) is 3.40. The van der Waals surface area contributed by atoms with Crippen LogP contribution in [0, 0.1) is 12.8 Å². The van der Waals surface area contributed by atoms with Gasteiger partial charge in [0.15, 0.2) is 0 Å². The number of likely N-dealkylation sites (tertiary alicyclic amines) is 1. The highest BCUT2D eigenvalue weighted by atomic mass is 15.1. The van der Waals surface area contributed by atoms with Gasteiger partial charge in [-0.05, 0) is 39.3 Å². The molecular weight excluding hydrogens is 200 g/mol. The number of nitrogens with one attached hydrogen (secondary N) is 1. The minimum absolute atomic E-state index is 0.736. The Morgan fingerprint density at radius 2 is 2.25 bits per heavy atom. The number of aromatic nitrogens is 2. The minimum Gasteiger partial charge on any atom is -0.368 e. The molecule has 0 aliphatic carbocycles. The molecule has 4 heteroatoms. The Labute approximate surface area is 97.1 Å². The Kier molecular flexibility index (Phi) is 3.72. The molecule has 1 saturated heterocycles. The van der Waals surface area contributed by atoms with E-state index in [0.29, 0.717) is 0 Å². The molecule has 0 amide bonds. The lowest BCUT2D eigenvalue weighted by Crippen LogP contribution is -2.35. The Hall–Kier alpha value is -1.16. The quantitative estimate of drug-likeness (QED) is 0.839. The van der Waals surface area contributed by atoms with Crippen LogP contribution in [0.3, 0.4) is 0 Å². The maximum Gasteiger partial charge on any atom is 0.147 e. The fourth-order valence-electron chi connectivity index (χ4n) is 2.26. The Morgan fingerprint density at radius 3 is 3.00 bits per heavy atom. The second-order valence-corrected chi connectivity index (χ2v) is 4.64. The first-order valence-corrected chi connectivity index (χ1v) is 5.95. The largest absolute Gasteiger partial charge is 0.368 e. The van der Waals surface area contributed by atoms with Gasteiger partial charge in [0, 0.05) is 25.5 Å². The molecule has 1 fully saturated rings. The van der Waals surface area contributed by atoms with Crippen molar-refractivity contribution in [1.29, 1.82) is 0 Å². The fraction of sp³-hybridized carbons (Fsp3) is 0.667. The lowest BCUT2D eigenvalue weighted by Gasteiger charge is -2.29. The van der Waals surface area contributed by atoms with Crippen molar-refractivity contribution in [2.75, 3.05) is 32.0 Å². The Balaban J connectivity index is 1.85. The molecule has 1 aliphatic rings. The molecule has 16 heavy (non-hydrogen) atoms. The van der Waals surface area contributed by atoms with Gasteiger partial charge in [0.05, 0.1) is 5.69 Å². The van der Waals surface area contributed by atoms with E-state index >= 15 is 0 Å². The topological polar surface area (TPSA) is 41.1 Å². The zero-order valence-electron chi connectivity index (χ0n) is 10.1. The van der Waals surface area contributed by atoms with Crippen molar-refractivity contribution in [3.63, 3.8) is 0 Å². The van der Waals surface area contributed by atoms with E-state index in [-0.39, 0.29) is 0 Å². The first-order chi connectivity index (χ1) is 7.75. The number of rotatable bonds is 3. The molecule has 1 unspecified atom stereocenters. The molecular formula is C12H20N4. The van der Waals surface area contributed by atoms with E-state index in [1.807, 2.05) is 6.92 Å². The van der Waals surface area contributed by atoms with Gasteiger partial charge < -0.3 is 10.2 Å². The molecule has 0 aromatic carbocycles. The van der Waals surface area contributed by atoms with Crippen LogP contribution >= 0.6 is 0 Å². The van der Waals surface area contributed by atoms with Crippen molar-refractivity contribution < 1.29 is 0 Å². The SMILES string of the molecule is Cc1nccnc1NCC1CCCN(C)C1. The Bertz CT molecular complexity index is 340. The lowest BCUT2D eigenvalue weighted by molar-refractivity contribution is 0.217. The van der Waals surface area contributed by atoms with Crippen LogP contribution in [0.2, 0.25) is 0 Å². The molecule has 0 spiro atoms. The van der Waals surface area contributed by atoms with Crippen LogP contribution in [-0.4, -0.2) is 41.5 Å². The number of hydrogen-bond acceptors (Lipinski definition) is 4. The van der Waals surface area contributed by atoms with Gasteiger partial charge in [-0.3, -0.25) is 4.98 Å². The molecule has 2 rings (SSSR count).